The van der Waals surface area contributed by atoms with Crippen molar-refractivity contribution in [2.24, 2.45) is 0 Å². The molecular formula is C11H14O. The lowest BCUT2D eigenvalue weighted by Gasteiger charge is -1.92. The van der Waals surface area contributed by atoms with Crippen LogP contribution in [0.15, 0.2) is 24.3 Å². The van der Waals surface area contributed by atoms with Crippen LogP contribution in [0.2, 0.25) is 0 Å². The Morgan fingerprint density at radius 3 is 2.42 bits per heavy atom. The van der Waals surface area contributed by atoms with Crippen molar-refractivity contribution in [3.05, 3.63) is 35.4 Å². The number of aryl methyl sites for hydroxylation is 1. The number of carbonyl (C=O) groups is 1. The molecule has 1 aliphatic carbocycles. The first-order valence-corrected chi connectivity index (χ1v) is 4.49. The van der Waals surface area contributed by atoms with E-state index in [1.807, 2.05) is 38.1 Å². The van der Waals surface area contributed by atoms with Gasteiger partial charge in [0, 0.05) is 12.0 Å². The third-order valence-corrected chi connectivity index (χ3v) is 1.94. The Bertz CT molecular complexity index is 276. The van der Waals surface area contributed by atoms with Crippen LogP contribution in [0.4, 0.5) is 0 Å². The monoisotopic (exact) mass is 162 g/mol. The quantitative estimate of drug-likeness (QED) is 0.573. The number of rotatable bonds is 0. The molecule has 0 aromatic heterocycles. The highest BCUT2D eigenvalue weighted by Gasteiger charge is 2.17. The van der Waals surface area contributed by atoms with E-state index in [2.05, 4.69) is 0 Å². The number of ketones is 1. The smallest absolute Gasteiger partial charge is 0.163 e. The predicted molar refractivity (Wildman–Crippen MR) is 50.4 cm³/mol. The SMILES string of the molecule is CC.O=C1CCc2ccccc21. The maximum Gasteiger partial charge on any atom is 0.163 e. The van der Waals surface area contributed by atoms with Gasteiger partial charge in [-0.1, -0.05) is 38.1 Å². The fraction of sp³-hybridized carbons (Fsp3) is 0.364. The van der Waals surface area contributed by atoms with Gasteiger partial charge in [0.2, 0.25) is 0 Å². The van der Waals surface area contributed by atoms with Gasteiger partial charge in [-0.3, -0.25) is 4.79 Å². The van der Waals surface area contributed by atoms with E-state index in [0.29, 0.717) is 12.2 Å². The van der Waals surface area contributed by atoms with Crippen molar-refractivity contribution in [3.63, 3.8) is 0 Å². The van der Waals surface area contributed by atoms with Gasteiger partial charge in [0.25, 0.3) is 0 Å². The van der Waals surface area contributed by atoms with Crippen LogP contribution in [-0.2, 0) is 6.42 Å². The van der Waals surface area contributed by atoms with Crippen LogP contribution in [0.3, 0.4) is 0 Å². The Morgan fingerprint density at radius 2 is 1.75 bits per heavy atom. The standard InChI is InChI=1S/C9H8O.C2H6/c10-9-6-5-7-3-1-2-4-8(7)9;1-2/h1-4H,5-6H2;1-2H3. The van der Waals surface area contributed by atoms with E-state index in [1.54, 1.807) is 0 Å². The molecule has 1 aromatic carbocycles. The number of Topliss-reactive ketones (excluding diaryl/α,β-unsaturated/α-hetero) is 1. The van der Waals surface area contributed by atoms with E-state index in [4.69, 9.17) is 0 Å². The van der Waals surface area contributed by atoms with Gasteiger partial charge in [-0.2, -0.15) is 0 Å². The summed E-state index contributed by atoms with van der Waals surface area (Å²) < 4.78 is 0. The number of carbonyl (C=O) groups excluding carboxylic acids is 1. The Kier molecular flexibility index (Phi) is 3.03. The molecule has 0 heterocycles. The molecule has 1 aliphatic rings. The van der Waals surface area contributed by atoms with Crippen LogP contribution in [0.1, 0.15) is 36.2 Å². The van der Waals surface area contributed by atoms with Crippen LogP contribution in [0.25, 0.3) is 0 Å². The summed E-state index contributed by atoms with van der Waals surface area (Å²) >= 11 is 0. The van der Waals surface area contributed by atoms with Gasteiger partial charge in [-0.15, -0.1) is 0 Å². The van der Waals surface area contributed by atoms with Gasteiger partial charge < -0.3 is 0 Å². The second-order valence-electron chi connectivity index (χ2n) is 2.58. The van der Waals surface area contributed by atoms with E-state index in [0.717, 1.165) is 12.0 Å². The van der Waals surface area contributed by atoms with E-state index in [-0.39, 0.29) is 0 Å². The zero-order chi connectivity index (χ0) is 8.97. The predicted octanol–water partition coefficient (Wildman–Crippen LogP) is 2.84. The van der Waals surface area contributed by atoms with Crippen LogP contribution in [0, 0.1) is 0 Å². The first kappa shape index (κ1) is 8.98. The lowest BCUT2D eigenvalue weighted by molar-refractivity contribution is 0.0994. The molecule has 0 spiro atoms. The average molecular weight is 162 g/mol. The zero-order valence-electron chi connectivity index (χ0n) is 7.63. The van der Waals surface area contributed by atoms with E-state index in [9.17, 15) is 4.79 Å². The second kappa shape index (κ2) is 4.05. The number of hydrogen-bond donors (Lipinski definition) is 0. The van der Waals surface area contributed by atoms with Crippen LogP contribution in [0.5, 0.6) is 0 Å². The molecule has 0 radical (unpaired) electrons. The summed E-state index contributed by atoms with van der Waals surface area (Å²) in [5, 5.41) is 0. The minimum absolute atomic E-state index is 0.301. The van der Waals surface area contributed by atoms with Crippen molar-refractivity contribution in [1.29, 1.82) is 0 Å². The summed E-state index contributed by atoms with van der Waals surface area (Å²) in [7, 11) is 0. The molecule has 0 saturated carbocycles. The van der Waals surface area contributed by atoms with Crippen LogP contribution < -0.4 is 0 Å². The van der Waals surface area contributed by atoms with Crippen molar-refractivity contribution < 1.29 is 4.79 Å². The molecule has 1 heteroatoms. The Labute approximate surface area is 73.4 Å². The van der Waals surface area contributed by atoms with Gasteiger partial charge in [0.15, 0.2) is 5.78 Å². The molecule has 0 atom stereocenters. The Morgan fingerprint density at radius 1 is 1.08 bits per heavy atom. The van der Waals surface area contributed by atoms with Crippen molar-refractivity contribution in [2.45, 2.75) is 26.7 Å². The topological polar surface area (TPSA) is 17.1 Å². The van der Waals surface area contributed by atoms with Crippen molar-refractivity contribution in [3.8, 4) is 0 Å². The Balaban J connectivity index is 0.000000336. The molecule has 0 bridgehead atoms. The van der Waals surface area contributed by atoms with Crippen LogP contribution >= 0.6 is 0 Å². The summed E-state index contributed by atoms with van der Waals surface area (Å²) in [5.74, 6) is 0.301. The molecule has 1 aromatic rings. The second-order valence-corrected chi connectivity index (χ2v) is 2.58. The molecule has 1 nitrogen and oxygen atoms in total. The first-order chi connectivity index (χ1) is 5.88. The normalized spacial score (nSPS) is 13.3. The molecule has 0 saturated heterocycles. The maximum absolute atomic E-state index is 11.1. The van der Waals surface area contributed by atoms with Gasteiger partial charge in [-0.25, -0.2) is 0 Å². The fourth-order valence-corrected chi connectivity index (χ4v) is 1.39. The van der Waals surface area contributed by atoms with Crippen molar-refractivity contribution in [2.75, 3.05) is 0 Å². The van der Waals surface area contributed by atoms with Gasteiger partial charge >= 0.3 is 0 Å². The van der Waals surface area contributed by atoms with Crippen molar-refractivity contribution >= 4 is 5.78 Å². The third kappa shape index (κ3) is 1.55. The van der Waals surface area contributed by atoms with E-state index < -0.39 is 0 Å². The molecule has 64 valence electrons. The lowest BCUT2D eigenvalue weighted by Crippen LogP contribution is -1.88. The molecule has 0 unspecified atom stereocenters. The number of benzene rings is 1. The van der Waals surface area contributed by atoms with Gasteiger partial charge in [0.05, 0.1) is 0 Å². The number of hydrogen-bond acceptors (Lipinski definition) is 1. The highest BCUT2D eigenvalue weighted by atomic mass is 16.1. The van der Waals surface area contributed by atoms with E-state index in [1.165, 1.54) is 5.56 Å². The molecule has 2 rings (SSSR count). The fourth-order valence-electron chi connectivity index (χ4n) is 1.39. The van der Waals surface area contributed by atoms with Gasteiger partial charge in [-0.05, 0) is 12.0 Å². The molecular weight excluding hydrogens is 148 g/mol. The summed E-state index contributed by atoms with van der Waals surface area (Å²) in [4.78, 5) is 11.1. The molecule has 0 N–H and O–H groups in total. The lowest BCUT2D eigenvalue weighted by atomic mass is 10.1. The molecule has 0 amide bonds. The summed E-state index contributed by atoms with van der Waals surface area (Å²) in [6.45, 7) is 4.00. The summed E-state index contributed by atoms with van der Waals surface area (Å²) in [5.41, 5.74) is 2.15. The number of fused-ring (bicyclic) bond motifs is 1. The minimum Gasteiger partial charge on any atom is -0.294 e. The first-order valence-electron chi connectivity index (χ1n) is 4.49. The molecule has 12 heavy (non-hydrogen) atoms. The summed E-state index contributed by atoms with van der Waals surface area (Å²) in [6.07, 6.45) is 1.65. The maximum atomic E-state index is 11.1. The largest absolute Gasteiger partial charge is 0.294 e. The summed E-state index contributed by atoms with van der Waals surface area (Å²) in [6, 6.07) is 7.84. The van der Waals surface area contributed by atoms with E-state index >= 15 is 0 Å². The highest BCUT2D eigenvalue weighted by Crippen LogP contribution is 2.20. The average Bonchev–Trinajstić information content (AvgIpc) is 2.53. The Hall–Kier alpha value is -1.11. The molecule has 0 fully saturated rings. The van der Waals surface area contributed by atoms with Gasteiger partial charge in [0.1, 0.15) is 0 Å². The zero-order valence-corrected chi connectivity index (χ0v) is 7.63. The van der Waals surface area contributed by atoms with Crippen LogP contribution in [-0.4, -0.2) is 5.78 Å². The molecule has 0 aliphatic heterocycles. The van der Waals surface area contributed by atoms with Crippen molar-refractivity contribution in [1.82, 2.24) is 0 Å². The third-order valence-electron chi connectivity index (χ3n) is 1.94. The minimum atomic E-state index is 0.301. The highest BCUT2D eigenvalue weighted by molar-refractivity contribution is 6.00.